The minimum Gasteiger partial charge on any atom is -0.488 e. The molecule has 35 heavy (non-hydrogen) atoms. The number of hydrogen-bond acceptors (Lipinski definition) is 6. The van der Waals surface area contributed by atoms with Gasteiger partial charge in [0.15, 0.2) is 0 Å². The Morgan fingerprint density at radius 2 is 1.83 bits per heavy atom. The Bertz CT molecular complexity index is 1400. The number of amides is 4. The Morgan fingerprint density at radius 3 is 2.57 bits per heavy atom. The van der Waals surface area contributed by atoms with Crippen LogP contribution in [0.25, 0.3) is 6.08 Å². The number of imide groups is 2. The van der Waals surface area contributed by atoms with E-state index >= 15 is 0 Å². The van der Waals surface area contributed by atoms with E-state index in [1.54, 1.807) is 54.6 Å². The molecular formula is C25H18BrN3O6. The monoisotopic (exact) mass is 535 g/mol. The number of barbiturate groups is 1. The molecule has 0 saturated carbocycles. The van der Waals surface area contributed by atoms with E-state index in [1.165, 1.54) is 18.2 Å². The van der Waals surface area contributed by atoms with Crippen molar-refractivity contribution in [3.05, 3.63) is 104 Å². The lowest BCUT2D eigenvalue weighted by atomic mass is 10.1. The van der Waals surface area contributed by atoms with E-state index in [1.807, 2.05) is 6.92 Å². The summed E-state index contributed by atoms with van der Waals surface area (Å²) in [4.78, 5) is 49.6. The number of nitrogens with zero attached hydrogens (tertiary/aromatic N) is 2. The largest absolute Gasteiger partial charge is 0.488 e. The third kappa shape index (κ3) is 5.12. The zero-order chi connectivity index (χ0) is 25.1. The second-order valence-electron chi connectivity index (χ2n) is 7.64. The van der Waals surface area contributed by atoms with E-state index in [4.69, 9.17) is 4.74 Å². The standard InChI is InChI=1S/C25H18BrN3O6/c1-15-11-18(9-10-21(15)26)28-24(31)20(23(30)27-25(28)32)13-17-6-2-3-8-22(17)35-14-16-5-4-7-19(12-16)29(33)34/h2-13H,14H2,1H3,(H,27,30,32)/b20-13+. The topological polar surface area (TPSA) is 119 Å². The number of nitro benzene ring substituents is 1. The molecule has 3 aromatic rings. The molecule has 4 rings (SSSR count). The summed E-state index contributed by atoms with van der Waals surface area (Å²) in [7, 11) is 0. The van der Waals surface area contributed by atoms with Crippen molar-refractivity contribution in [2.75, 3.05) is 4.90 Å². The third-order valence-corrected chi connectivity index (χ3v) is 6.13. The highest BCUT2D eigenvalue weighted by molar-refractivity contribution is 9.10. The average molecular weight is 536 g/mol. The fourth-order valence-corrected chi connectivity index (χ4v) is 3.71. The number of non-ortho nitro benzene ring substituents is 1. The van der Waals surface area contributed by atoms with E-state index in [0.717, 1.165) is 14.9 Å². The molecule has 176 valence electrons. The zero-order valence-electron chi connectivity index (χ0n) is 18.4. The van der Waals surface area contributed by atoms with Crippen LogP contribution < -0.4 is 15.0 Å². The van der Waals surface area contributed by atoms with Crippen LogP contribution >= 0.6 is 15.9 Å². The average Bonchev–Trinajstić information content (AvgIpc) is 2.83. The van der Waals surface area contributed by atoms with Gasteiger partial charge in [-0.1, -0.05) is 46.3 Å². The Morgan fingerprint density at radius 1 is 1.06 bits per heavy atom. The number of carbonyl (C=O) groups excluding carboxylic acids is 3. The summed E-state index contributed by atoms with van der Waals surface area (Å²) in [6, 6.07) is 16.9. The van der Waals surface area contributed by atoms with Gasteiger partial charge in [0.25, 0.3) is 17.5 Å². The molecule has 0 spiro atoms. The van der Waals surface area contributed by atoms with Crippen molar-refractivity contribution in [3.8, 4) is 5.75 Å². The highest BCUT2D eigenvalue weighted by Crippen LogP contribution is 2.28. The van der Waals surface area contributed by atoms with E-state index in [0.29, 0.717) is 22.6 Å². The molecule has 9 nitrogen and oxygen atoms in total. The highest BCUT2D eigenvalue weighted by Gasteiger charge is 2.37. The number of rotatable bonds is 6. The number of ether oxygens (including phenoxy) is 1. The first kappa shape index (κ1) is 23.8. The van der Waals surface area contributed by atoms with Crippen molar-refractivity contribution < 1.29 is 24.0 Å². The Labute approximate surface area is 208 Å². The second-order valence-corrected chi connectivity index (χ2v) is 8.50. The van der Waals surface area contributed by atoms with Crippen LogP contribution in [0.3, 0.4) is 0 Å². The molecule has 1 saturated heterocycles. The number of carbonyl (C=O) groups is 3. The van der Waals surface area contributed by atoms with Crippen LogP contribution in [0.15, 0.2) is 76.8 Å². The van der Waals surface area contributed by atoms with Gasteiger partial charge >= 0.3 is 6.03 Å². The molecule has 0 atom stereocenters. The van der Waals surface area contributed by atoms with E-state index in [-0.39, 0.29) is 17.9 Å². The molecule has 1 N–H and O–H groups in total. The number of hydrogen-bond donors (Lipinski definition) is 1. The molecule has 0 bridgehead atoms. The predicted molar refractivity (Wildman–Crippen MR) is 132 cm³/mol. The molecule has 1 fully saturated rings. The predicted octanol–water partition coefficient (Wildman–Crippen LogP) is 4.91. The summed E-state index contributed by atoms with van der Waals surface area (Å²) in [5.41, 5.74) is 1.84. The summed E-state index contributed by atoms with van der Waals surface area (Å²) in [6.45, 7) is 1.85. The first-order chi connectivity index (χ1) is 16.7. The molecule has 3 aromatic carbocycles. The minimum absolute atomic E-state index is 0.0325. The summed E-state index contributed by atoms with van der Waals surface area (Å²) in [6.07, 6.45) is 1.35. The van der Waals surface area contributed by atoms with Crippen molar-refractivity contribution >= 4 is 51.2 Å². The Kier molecular flexibility index (Phi) is 6.74. The maximum absolute atomic E-state index is 13.2. The van der Waals surface area contributed by atoms with Gasteiger partial charge in [-0.05, 0) is 48.4 Å². The fraction of sp³-hybridized carbons (Fsp3) is 0.0800. The van der Waals surface area contributed by atoms with E-state index in [9.17, 15) is 24.5 Å². The van der Waals surface area contributed by atoms with Gasteiger partial charge in [-0.25, -0.2) is 9.69 Å². The van der Waals surface area contributed by atoms with Crippen LogP contribution in [0.4, 0.5) is 16.2 Å². The van der Waals surface area contributed by atoms with Crippen molar-refractivity contribution in [1.82, 2.24) is 5.32 Å². The first-order valence-corrected chi connectivity index (χ1v) is 11.2. The number of aryl methyl sites for hydroxylation is 1. The van der Waals surface area contributed by atoms with Gasteiger partial charge in [-0.15, -0.1) is 0 Å². The first-order valence-electron chi connectivity index (χ1n) is 10.4. The van der Waals surface area contributed by atoms with Gasteiger partial charge < -0.3 is 4.74 Å². The third-order valence-electron chi connectivity index (χ3n) is 5.24. The zero-order valence-corrected chi connectivity index (χ0v) is 19.9. The van der Waals surface area contributed by atoms with Crippen LogP contribution in [-0.2, 0) is 16.2 Å². The summed E-state index contributed by atoms with van der Waals surface area (Å²) >= 11 is 3.38. The van der Waals surface area contributed by atoms with Crippen molar-refractivity contribution in [2.24, 2.45) is 0 Å². The van der Waals surface area contributed by atoms with Gasteiger partial charge in [0.1, 0.15) is 17.9 Å². The summed E-state index contributed by atoms with van der Waals surface area (Å²) in [5.74, 6) is -1.23. The maximum Gasteiger partial charge on any atom is 0.335 e. The lowest BCUT2D eigenvalue weighted by Crippen LogP contribution is -2.54. The van der Waals surface area contributed by atoms with Crippen LogP contribution in [-0.4, -0.2) is 22.8 Å². The molecule has 1 heterocycles. The molecule has 1 aliphatic rings. The Balaban J connectivity index is 1.63. The number of nitro groups is 1. The number of para-hydroxylation sites is 1. The second kappa shape index (κ2) is 9.90. The fourth-order valence-electron chi connectivity index (χ4n) is 3.47. The van der Waals surface area contributed by atoms with E-state index in [2.05, 4.69) is 21.2 Å². The van der Waals surface area contributed by atoms with Gasteiger partial charge in [0.2, 0.25) is 0 Å². The molecule has 0 unspecified atom stereocenters. The molecule has 1 aliphatic heterocycles. The lowest BCUT2D eigenvalue weighted by Gasteiger charge is -2.26. The van der Waals surface area contributed by atoms with Crippen molar-refractivity contribution in [3.63, 3.8) is 0 Å². The lowest BCUT2D eigenvalue weighted by molar-refractivity contribution is -0.384. The van der Waals surface area contributed by atoms with Gasteiger partial charge in [0.05, 0.1) is 10.6 Å². The molecular weight excluding hydrogens is 518 g/mol. The molecule has 10 heteroatoms. The minimum atomic E-state index is -0.839. The smallest absolute Gasteiger partial charge is 0.335 e. The van der Waals surface area contributed by atoms with E-state index < -0.39 is 22.8 Å². The Hall–Kier alpha value is -4.31. The van der Waals surface area contributed by atoms with Crippen molar-refractivity contribution in [1.29, 1.82) is 0 Å². The van der Waals surface area contributed by atoms with Crippen LogP contribution in [0, 0.1) is 17.0 Å². The van der Waals surface area contributed by atoms with Crippen LogP contribution in [0.5, 0.6) is 5.75 Å². The number of benzene rings is 3. The van der Waals surface area contributed by atoms with Crippen LogP contribution in [0.2, 0.25) is 0 Å². The molecule has 0 aromatic heterocycles. The maximum atomic E-state index is 13.2. The van der Waals surface area contributed by atoms with Gasteiger partial charge in [-0.2, -0.15) is 0 Å². The van der Waals surface area contributed by atoms with Gasteiger partial charge in [-0.3, -0.25) is 25.0 Å². The quantitative estimate of drug-likeness (QED) is 0.207. The SMILES string of the molecule is Cc1cc(N2C(=O)NC(=O)/C(=C\c3ccccc3OCc3cccc([N+](=O)[O-])c3)C2=O)ccc1Br. The van der Waals surface area contributed by atoms with Crippen LogP contribution in [0.1, 0.15) is 16.7 Å². The highest BCUT2D eigenvalue weighted by atomic mass is 79.9. The van der Waals surface area contributed by atoms with Crippen molar-refractivity contribution in [2.45, 2.75) is 13.5 Å². The number of halogens is 1. The summed E-state index contributed by atoms with van der Waals surface area (Å²) in [5, 5.41) is 13.2. The number of nitrogens with one attached hydrogen (secondary N) is 1. The number of urea groups is 1. The summed E-state index contributed by atoms with van der Waals surface area (Å²) < 4.78 is 6.65. The molecule has 0 radical (unpaired) electrons. The molecule has 0 aliphatic carbocycles. The number of anilines is 1. The van der Waals surface area contributed by atoms with Gasteiger partial charge in [0, 0.05) is 22.2 Å². The molecule has 4 amide bonds. The normalized spacial score (nSPS) is 14.7.